The SMILES string of the molecule is COc1ccc(CN(Cc2ccc(OC)cc2)S(=O)(=O)c2c(S(=O)(=O)N[C@H](C)CNC(=O)OC(C)(C)C)ccc(-c3cncc(N)c3)c2-c2nnn(Cc3ccc(OC)cc3)n2)cc1. The second-order valence-electron chi connectivity index (χ2n) is 15.7. The lowest BCUT2D eigenvalue weighted by Crippen LogP contribution is -2.43. The second kappa shape index (κ2) is 19.8. The van der Waals surface area contributed by atoms with E-state index in [1.165, 1.54) is 54.8 Å². The smallest absolute Gasteiger partial charge is 0.407 e. The molecular weight excluding hydrogens is 863 g/mol. The standard InChI is InChI=1S/C44H51N9O9S2/c1-29(23-47-43(54)62-44(2,3)4)50-63(55,56)39-21-20-38(33-22-34(45)25-46-24-33)40(42-48-51-53(49-42)28-32-12-18-37(61-7)19-13-32)41(39)64(57,58)52(26-30-8-14-35(59-5)15-9-30)27-31-10-16-36(60-6)17-11-31/h8-22,24-25,29,50H,23,26-28,45H2,1-7H3,(H,47,54)/t29-/m1/s1. The lowest BCUT2D eigenvalue weighted by Gasteiger charge is -2.27. The average Bonchev–Trinajstić information content (AvgIpc) is 3.73. The van der Waals surface area contributed by atoms with Gasteiger partial charge in [0.25, 0.3) is 0 Å². The molecule has 0 fully saturated rings. The normalized spacial score (nSPS) is 12.4. The van der Waals surface area contributed by atoms with Crippen LogP contribution in [0.3, 0.4) is 0 Å². The molecule has 4 aromatic carbocycles. The topological polar surface area (TPSA) is 232 Å². The maximum atomic E-state index is 15.9. The number of nitrogens with two attached hydrogens (primary N) is 1. The summed E-state index contributed by atoms with van der Waals surface area (Å²) in [4.78, 5) is 16.8. The summed E-state index contributed by atoms with van der Waals surface area (Å²) in [5.41, 5.74) is 7.96. The number of alkyl carbamates (subject to hydrolysis) is 1. The maximum Gasteiger partial charge on any atom is 0.407 e. The third-order valence-electron chi connectivity index (χ3n) is 9.58. The van der Waals surface area contributed by atoms with Crippen LogP contribution >= 0.6 is 0 Å². The quantitative estimate of drug-likeness (QED) is 0.0948. The molecule has 0 aliphatic carbocycles. The van der Waals surface area contributed by atoms with E-state index in [9.17, 15) is 13.2 Å². The number of carbonyl (C=O) groups excluding carboxylic acids is 1. The molecule has 0 bridgehead atoms. The third-order valence-corrected chi connectivity index (χ3v) is 13.2. The Kier molecular flexibility index (Phi) is 14.5. The Bertz CT molecular complexity index is 2730. The minimum absolute atomic E-state index is 0.122. The summed E-state index contributed by atoms with van der Waals surface area (Å²) in [6.07, 6.45) is 2.13. The Labute approximate surface area is 372 Å². The van der Waals surface area contributed by atoms with E-state index >= 15 is 8.42 Å². The molecule has 18 nitrogen and oxygen atoms in total. The number of hydrogen-bond acceptors (Lipinski definition) is 14. The fraction of sp³-hybridized carbons (Fsp3) is 0.295. The van der Waals surface area contributed by atoms with Crippen molar-refractivity contribution < 1.29 is 40.6 Å². The molecule has 4 N–H and O–H groups in total. The van der Waals surface area contributed by atoms with Crippen LogP contribution in [-0.4, -0.2) is 91.9 Å². The second-order valence-corrected chi connectivity index (χ2v) is 19.2. The van der Waals surface area contributed by atoms with Crippen molar-refractivity contribution in [3.63, 3.8) is 0 Å². The van der Waals surface area contributed by atoms with Crippen LogP contribution in [0.4, 0.5) is 10.5 Å². The van der Waals surface area contributed by atoms with Gasteiger partial charge in [-0.25, -0.2) is 26.4 Å². The number of methoxy groups -OCH3 is 3. The van der Waals surface area contributed by atoms with Gasteiger partial charge in [-0.15, -0.1) is 10.2 Å². The van der Waals surface area contributed by atoms with Crippen molar-refractivity contribution in [1.29, 1.82) is 0 Å². The van der Waals surface area contributed by atoms with E-state index in [-0.39, 0.29) is 48.8 Å². The third kappa shape index (κ3) is 11.7. The number of tetrazole rings is 1. The number of nitrogens with zero attached hydrogens (tertiary/aromatic N) is 6. The number of hydrogen-bond donors (Lipinski definition) is 3. The lowest BCUT2D eigenvalue weighted by molar-refractivity contribution is 0.0524. The first-order valence-electron chi connectivity index (χ1n) is 19.9. The Morgan fingerprint density at radius 1 is 0.797 bits per heavy atom. The first-order valence-corrected chi connectivity index (χ1v) is 22.9. The van der Waals surface area contributed by atoms with Crippen molar-refractivity contribution >= 4 is 31.8 Å². The van der Waals surface area contributed by atoms with Gasteiger partial charge in [-0.1, -0.05) is 42.5 Å². The van der Waals surface area contributed by atoms with Gasteiger partial charge in [0, 0.05) is 43.6 Å². The van der Waals surface area contributed by atoms with Crippen molar-refractivity contribution in [2.24, 2.45) is 0 Å². The molecule has 6 aromatic rings. The van der Waals surface area contributed by atoms with Gasteiger partial charge in [0.1, 0.15) is 32.6 Å². The zero-order chi connectivity index (χ0) is 46.2. The first-order chi connectivity index (χ1) is 30.4. The van der Waals surface area contributed by atoms with Gasteiger partial charge in [-0.05, 0) is 104 Å². The van der Waals surface area contributed by atoms with Crippen LogP contribution in [-0.2, 0) is 44.4 Å². The molecule has 1 atom stereocenters. The van der Waals surface area contributed by atoms with Gasteiger partial charge in [0.2, 0.25) is 25.9 Å². The maximum absolute atomic E-state index is 15.9. The molecular formula is C44H51N9O9S2. The minimum atomic E-state index is -4.92. The molecule has 0 saturated carbocycles. The Morgan fingerprint density at radius 2 is 1.34 bits per heavy atom. The van der Waals surface area contributed by atoms with Crippen LogP contribution in [0.2, 0.25) is 0 Å². The fourth-order valence-corrected chi connectivity index (χ4v) is 10.2. The molecule has 2 aromatic heterocycles. The molecule has 20 heteroatoms. The van der Waals surface area contributed by atoms with Crippen LogP contribution in [0.1, 0.15) is 44.4 Å². The van der Waals surface area contributed by atoms with Gasteiger partial charge < -0.3 is 30.0 Å². The summed E-state index contributed by atoms with van der Waals surface area (Å²) in [5, 5.41) is 15.8. The largest absolute Gasteiger partial charge is 0.497 e. The lowest BCUT2D eigenvalue weighted by atomic mass is 10.00. The molecule has 0 radical (unpaired) electrons. The number of carbonyl (C=O) groups is 1. The van der Waals surface area contributed by atoms with Crippen LogP contribution in [0.15, 0.2) is 113 Å². The minimum Gasteiger partial charge on any atom is -0.497 e. The van der Waals surface area contributed by atoms with E-state index in [2.05, 4.69) is 30.4 Å². The van der Waals surface area contributed by atoms with Crippen molar-refractivity contribution in [2.45, 2.75) is 68.8 Å². The van der Waals surface area contributed by atoms with Gasteiger partial charge in [0.05, 0.1) is 39.1 Å². The van der Waals surface area contributed by atoms with Gasteiger partial charge >= 0.3 is 6.09 Å². The number of pyridine rings is 1. The van der Waals surface area contributed by atoms with E-state index in [1.54, 1.807) is 94.6 Å². The highest BCUT2D eigenvalue weighted by Gasteiger charge is 2.38. The highest BCUT2D eigenvalue weighted by atomic mass is 32.2. The Hall–Kier alpha value is -6.61. The fourth-order valence-electron chi connectivity index (χ4n) is 6.55. The number of nitrogen functional groups attached to an aromatic ring is 1. The zero-order valence-electron chi connectivity index (χ0n) is 36.5. The van der Waals surface area contributed by atoms with Crippen molar-refractivity contribution in [3.8, 4) is 39.8 Å². The summed E-state index contributed by atoms with van der Waals surface area (Å²) >= 11 is 0. The summed E-state index contributed by atoms with van der Waals surface area (Å²) in [7, 11) is -5.08. The van der Waals surface area contributed by atoms with E-state index in [0.717, 1.165) is 5.56 Å². The van der Waals surface area contributed by atoms with E-state index < -0.39 is 47.6 Å². The molecule has 0 aliphatic heterocycles. The average molecular weight is 914 g/mol. The van der Waals surface area contributed by atoms with E-state index in [4.69, 9.17) is 24.7 Å². The molecule has 64 heavy (non-hydrogen) atoms. The van der Waals surface area contributed by atoms with Gasteiger partial charge in [0.15, 0.2) is 0 Å². The Morgan fingerprint density at radius 3 is 1.86 bits per heavy atom. The van der Waals surface area contributed by atoms with Crippen molar-refractivity contribution in [3.05, 3.63) is 120 Å². The highest BCUT2D eigenvalue weighted by Crippen LogP contribution is 2.41. The Balaban J connectivity index is 1.57. The number of sulfonamides is 2. The molecule has 0 saturated heterocycles. The first kappa shape index (κ1) is 46.9. The summed E-state index contributed by atoms with van der Waals surface area (Å²) in [6, 6.07) is 24.1. The van der Waals surface area contributed by atoms with Crippen LogP contribution < -0.4 is 30.0 Å². The number of ether oxygens (including phenoxy) is 4. The highest BCUT2D eigenvalue weighted by molar-refractivity contribution is 7.92. The summed E-state index contributed by atoms with van der Waals surface area (Å²) < 4.78 is 86.3. The predicted molar refractivity (Wildman–Crippen MR) is 239 cm³/mol. The van der Waals surface area contributed by atoms with Crippen LogP contribution in [0.25, 0.3) is 22.5 Å². The van der Waals surface area contributed by atoms with Crippen LogP contribution in [0.5, 0.6) is 17.2 Å². The molecule has 0 aliphatic rings. The molecule has 338 valence electrons. The number of aromatic nitrogens is 5. The van der Waals surface area contributed by atoms with Gasteiger partial charge in [-0.2, -0.15) is 9.10 Å². The zero-order valence-corrected chi connectivity index (χ0v) is 38.1. The van der Waals surface area contributed by atoms with Crippen LogP contribution in [0, 0.1) is 0 Å². The number of anilines is 1. The van der Waals surface area contributed by atoms with E-state index in [0.29, 0.717) is 33.9 Å². The van der Waals surface area contributed by atoms with Gasteiger partial charge in [-0.3, -0.25) is 4.98 Å². The summed E-state index contributed by atoms with van der Waals surface area (Å²) in [5.74, 6) is 1.55. The summed E-state index contributed by atoms with van der Waals surface area (Å²) in [6.45, 7) is 6.12. The van der Waals surface area contributed by atoms with Crippen molar-refractivity contribution in [2.75, 3.05) is 33.6 Å². The molecule has 1 amide bonds. The number of amides is 1. The van der Waals surface area contributed by atoms with Crippen molar-refractivity contribution in [1.82, 2.24) is 39.5 Å². The molecule has 0 spiro atoms. The predicted octanol–water partition coefficient (Wildman–Crippen LogP) is 5.64. The monoisotopic (exact) mass is 913 g/mol. The molecule has 2 heterocycles. The molecule has 6 rings (SSSR count). The van der Waals surface area contributed by atoms with E-state index in [1.807, 2.05) is 12.1 Å². The molecule has 0 unspecified atom stereocenters. The number of benzene rings is 4. The number of nitrogens with one attached hydrogen (secondary N) is 2. The number of rotatable bonds is 18.